The molecule has 0 radical (unpaired) electrons. The minimum Gasteiger partial charge on any atom is -0.300 e. The van der Waals surface area contributed by atoms with E-state index >= 15 is 0 Å². The average Bonchev–Trinajstić information content (AvgIpc) is 3.41. The lowest BCUT2D eigenvalue weighted by Gasteiger charge is -2.06. The Balaban J connectivity index is 1.28. The van der Waals surface area contributed by atoms with Gasteiger partial charge >= 0.3 is 0 Å². The van der Waals surface area contributed by atoms with E-state index in [0.717, 1.165) is 16.5 Å². The normalized spacial score (nSPS) is 18.2. The van der Waals surface area contributed by atoms with Crippen molar-refractivity contribution in [1.82, 2.24) is 10.2 Å². The van der Waals surface area contributed by atoms with Crippen LogP contribution < -0.4 is 5.32 Å². The number of nitrogens with one attached hydrogen (secondary N) is 1. The first kappa shape index (κ1) is 19.2. The highest BCUT2D eigenvalue weighted by Crippen LogP contribution is 2.48. The standard InChI is InChI=1S/C22H23N3OS2/c1-14(2)16-10-8-15(9-11-16)13-27-22-25-24-21(28-22)23-20(26)19-12-18(19)17-6-4-3-5-7-17/h3-11,14,18-19H,12-13H2,1-2H3,(H,23,24,26)/t18-,19-/m0/s1. The van der Waals surface area contributed by atoms with Crippen LogP contribution in [-0.4, -0.2) is 16.1 Å². The quantitative estimate of drug-likeness (QED) is 0.402. The molecule has 1 aliphatic carbocycles. The Morgan fingerprint density at radius 2 is 1.89 bits per heavy atom. The molecule has 1 saturated carbocycles. The van der Waals surface area contributed by atoms with Crippen LogP contribution in [0, 0.1) is 5.92 Å². The van der Waals surface area contributed by atoms with Crippen LogP contribution in [0.1, 0.15) is 48.8 Å². The van der Waals surface area contributed by atoms with Crippen molar-refractivity contribution in [3.63, 3.8) is 0 Å². The maximum Gasteiger partial charge on any atom is 0.229 e. The molecule has 0 saturated heterocycles. The maximum absolute atomic E-state index is 12.5. The summed E-state index contributed by atoms with van der Waals surface area (Å²) < 4.78 is 0.874. The molecule has 1 N–H and O–H groups in total. The minimum atomic E-state index is 0.0434. The van der Waals surface area contributed by atoms with Gasteiger partial charge in [-0.15, -0.1) is 10.2 Å². The number of anilines is 1. The molecule has 28 heavy (non-hydrogen) atoms. The predicted octanol–water partition coefficient (Wildman–Crippen LogP) is 5.70. The van der Waals surface area contributed by atoms with Crippen LogP contribution in [0.4, 0.5) is 5.13 Å². The van der Waals surface area contributed by atoms with Gasteiger partial charge in [0.05, 0.1) is 0 Å². The molecule has 1 amide bonds. The van der Waals surface area contributed by atoms with E-state index in [1.165, 1.54) is 28.0 Å². The van der Waals surface area contributed by atoms with Gasteiger partial charge in [0, 0.05) is 11.7 Å². The summed E-state index contributed by atoms with van der Waals surface area (Å²) in [4.78, 5) is 12.5. The fourth-order valence-electron chi connectivity index (χ4n) is 3.21. The minimum absolute atomic E-state index is 0.0434. The molecule has 3 aromatic rings. The first-order chi connectivity index (χ1) is 13.6. The second-order valence-electron chi connectivity index (χ2n) is 7.41. The van der Waals surface area contributed by atoms with Gasteiger partial charge in [-0.2, -0.15) is 0 Å². The van der Waals surface area contributed by atoms with Gasteiger partial charge in [0.25, 0.3) is 0 Å². The lowest BCUT2D eigenvalue weighted by Crippen LogP contribution is -2.14. The highest BCUT2D eigenvalue weighted by molar-refractivity contribution is 8.00. The molecule has 0 bridgehead atoms. The first-order valence-corrected chi connectivity index (χ1v) is 11.3. The van der Waals surface area contributed by atoms with E-state index in [4.69, 9.17) is 0 Å². The lowest BCUT2D eigenvalue weighted by atomic mass is 10.0. The number of carbonyl (C=O) groups excluding carboxylic acids is 1. The fraction of sp³-hybridized carbons (Fsp3) is 0.318. The smallest absolute Gasteiger partial charge is 0.229 e. The number of hydrogen-bond acceptors (Lipinski definition) is 5. The van der Waals surface area contributed by atoms with Crippen LogP contribution >= 0.6 is 23.1 Å². The largest absolute Gasteiger partial charge is 0.300 e. The first-order valence-electron chi connectivity index (χ1n) is 9.51. The van der Waals surface area contributed by atoms with Crippen LogP contribution in [0.2, 0.25) is 0 Å². The molecule has 6 heteroatoms. The van der Waals surface area contributed by atoms with Crippen LogP contribution in [-0.2, 0) is 10.5 Å². The Kier molecular flexibility index (Phi) is 5.78. The number of benzene rings is 2. The van der Waals surface area contributed by atoms with E-state index in [-0.39, 0.29) is 11.8 Å². The summed E-state index contributed by atoms with van der Waals surface area (Å²) >= 11 is 3.09. The molecule has 4 nitrogen and oxygen atoms in total. The maximum atomic E-state index is 12.5. The van der Waals surface area contributed by atoms with Gasteiger partial charge in [0.2, 0.25) is 11.0 Å². The van der Waals surface area contributed by atoms with E-state index in [0.29, 0.717) is 17.0 Å². The second-order valence-corrected chi connectivity index (χ2v) is 9.61. The van der Waals surface area contributed by atoms with Gasteiger partial charge in [0.15, 0.2) is 4.34 Å². The van der Waals surface area contributed by atoms with Gasteiger partial charge in [-0.3, -0.25) is 4.79 Å². The number of nitrogens with zero attached hydrogens (tertiary/aromatic N) is 2. The third-order valence-corrected chi connectivity index (χ3v) is 7.04. The molecule has 144 valence electrons. The van der Waals surface area contributed by atoms with E-state index < -0.39 is 0 Å². The molecule has 0 spiro atoms. The molecular formula is C22H23N3OS2. The average molecular weight is 410 g/mol. The van der Waals surface area contributed by atoms with Crippen molar-refractivity contribution in [2.45, 2.75) is 42.2 Å². The molecule has 0 unspecified atom stereocenters. The van der Waals surface area contributed by atoms with Crippen molar-refractivity contribution >= 4 is 34.1 Å². The number of hydrogen-bond donors (Lipinski definition) is 1. The Labute approximate surface area is 173 Å². The summed E-state index contributed by atoms with van der Waals surface area (Å²) in [5.74, 6) is 1.81. The Morgan fingerprint density at radius 1 is 1.14 bits per heavy atom. The highest BCUT2D eigenvalue weighted by atomic mass is 32.2. The zero-order valence-corrected chi connectivity index (χ0v) is 17.6. The lowest BCUT2D eigenvalue weighted by molar-refractivity contribution is -0.117. The zero-order chi connectivity index (χ0) is 19.5. The van der Waals surface area contributed by atoms with Crippen molar-refractivity contribution in [2.75, 3.05) is 5.32 Å². The zero-order valence-electron chi connectivity index (χ0n) is 16.0. The van der Waals surface area contributed by atoms with Crippen LogP contribution in [0.5, 0.6) is 0 Å². The Hall–Kier alpha value is -2.18. The Bertz CT molecular complexity index is 938. The van der Waals surface area contributed by atoms with E-state index in [1.54, 1.807) is 11.8 Å². The van der Waals surface area contributed by atoms with Gasteiger partial charge < -0.3 is 5.32 Å². The molecule has 0 aliphatic heterocycles. The van der Waals surface area contributed by atoms with Crippen LogP contribution in [0.3, 0.4) is 0 Å². The molecule has 2 aromatic carbocycles. The van der Waals surface area contributed by atoms with Gasteiger partial charge in [-0.1, -0.05) is 91.5 Å². The van der Waals surface area contributed by atoms with Crippen LogP contribution in [0.15, 0.2) is 58.9 Å². The van der Waals surface area contributed by atoms with Gasteiger partial charge in [-0.25, -0.2) is 0 Å². The number of aromatic nitrogens is 2. The molecule has 4 rings (SSSR count). The summed E-state index contributed by atoms with van der Waals surface area (Å²) in [6.45, 7) is 4.40. The molecule has 1 heterocycles. The third kappa shape index (κ3) is 4.62. The van der Waals surface area contributed by atoms with Crippen molar-refractivity contribution in [2.24, 2.45) is 5.92 Å². The summed E-state index contributed by atoms with van der Waals surface area (Å²) in [6.07, 6.45) is 0.905. The predicted molar refractivity (Wildman–Crippen MR) is 116 cm³/mol. The molecule has 1 aromatic heterocycles. The summed E-state index contributed by atoms with van der Waals surface area (Å²) in [5.41, 5.74) is 3.85. The number of amides is 1. The summed E-state index contributed by atoms with van der Waals surface area (Å²) in [6, 6.07) is 18.9. The van der Waals surface area contributed by atoms with Gasteiger partial charge in [-0.05, 0) is 34.9 Å². The molecule has 1 aliphatic rings. The van der Waals surface area contributed by atoms with Crippen LogP contribution in [0.25, 0.3) is 0 Å². The monoisotopic (exact) mass is 409 g/mol. The van der Waals surface area contributed by atoms with Crippen molar-refractivity contribution in [3.8, 4) is 0 Å². The third-order valence-electron chi connectivity index (χ3n) is 5.00. The molecule has 2 atom stereocenters. The highest BCUT2D eigenvalue weighted by Gasteiger charge is 2.44. The Morgan fingerprint density at radius 3 is 2.61 bits per heavy atom. The summed E-state index contributed by atoms with van der Waals surface area (Å²) in [7, 11) is 0. The fourth-order valence-corrected chi connectivity index (χ4v) is 4.92. The summed E-state index contributed by atoms with van der Waals surface area (Å²) in [5, 5.41) is 11.9. The second kappa shape index (κ2) is 8.45. The van der Waals surface area contributed by atoms with Crippen molar-refractivity contribution in [1.29, 1.82) is 0 Å². The number of rotatable bonds is 7. The topological polar surface area (TPSA) is 54.9 Å². The molecular weight excluding hydrogens is 386 g/mol. The van der Waals surface area contributed by atoms with Crippen molar-refractivity contribution < 1.29 is 4.79 Å². The van der Waals surface area contributed by atoms with Gasteiger partial charge in [0.1, 0.15) is 0 Å². The SMILES string of the molecule is CC(C)c1ccc(CSc2nnc(NC(=O)[C@H]3C[C@H]3c3ccccc3)s2)cc1. The van der Waals surface area contributed by atoms with E-state index in [9.17, 15) is 4.79 Å². The van der Waals surface area contributed by atoms with Crippen molar-refractivity contribution in [3.05, 3.63) is 71.3 Å². The number of carbonyl (C=O) groups is 1. The molecule has 1 fully saturated rings. The van der Waals surface area contributed by atoms with E-state index in [1.807, 2.05) is 18.2 Å². The van der Waals surface area contributed by atoms with E-state index in [2.05, 4.69) is 65.8 Å². The number of thioether (sulfide) groups is 1.